The Balaban J connectivity index is 2.46. The normalized spacial score (nSPS) is 10.5. The Kier molecular flexibility index (Phi) is 4.93. The number of hydrogen-bond donors (Lipinski definition) is 3. The molecule has 0 radical (unpaired) electrons. The van der Waals surface area contributed by atoms with E-state index < -0.39 is 0 Å². The van der Waals surface area contributed by atoms with E-state index in [1.807, 2.05) is 26.0 Å². The molecule has 0 fully saturated rings. The summed E-state index contributed by atoms with van der Waals surface area (Å²) < 4.78 is 5.46. The maximum absolute atomic E-state index is 5.46. The second-order valence-corrected chi connectivity index (χ2v) is 5.18. The molecule has 0 saturated heterocycles. The zero-order valence-corrected chi connectivity index (χ0v) is 13.3. The number of hydrogen-bond acceptors (Lipinski definition) is 4. The van der Waals surface area contributed by atoms with E-state index >= 15 is 0 Å². The Morgan fingerprint density at radius 1 is 1.43 bits per heavy atom. The van der Waals surface area contributed by atoms with Crippen LogP contribution < -0.4 is 21.1 Å². The lowest BCUT2D eigenvalue weighted by Gasteiger charge is -2.16. The summed E-state index contributed by atoms with van der Waals surface area (Å²) in [7, 11) is 1.66. The van der Waals surface area contributed by atoms with E-state index in [1.54, 1.807) is 13.3 Å². The molecule has 0 aliphatic rings. The summed E-state index contributed by atoms with van der Waals surface area (Å²) in [5.41, 5.74) is 9.47. The van der Waals surface area contributed by atoms with E-state index in [2.05, 4.69) is 15.6 Å². The van der Waals surface area contributed by atoms with Crippen LogP contribution in [0.15, 0.2) is 18.3 Å². The highest BCUT2D eigenvalue weighted by atomic mass is 32.1. The third kappa shape index (κ3) is 3.22. The summed E-state index contributed by atoms with van der Waals surface area (Å²) in [5.74, 6) is 0.810. The lowest BCUT2D eigenvalue weighted by Crippen LogP contribution is -2.32. The van der Waals surface area contributed by atoms with Gasteiger partial charge in [0.1, 0.15) is 5.75 Å². The molecule has 1 aromatic heterocycles. The van der Waals surface area contributed by atoms with Gasteiger partial charge in [-0.25, -0.2) is 0 Å². The third-order valence-corrected chi connectivity index (χ3v) is 3.57. The van der Waals surface area contributed by atoms with Crippen molar-refractivity contribution in [2.24, 2.45) is 5.73 Å². The van der Waals surface area contributed by atoms with Gasteiger partial charge in [-0.2, -0.15) is 0 Å². The standard InChI is InChI=1S/C15H20N4OS/c1-9-8-11(19-15(21)18-7-5-16)10(2)13-12(20-3)4-6-17-14(9)13/h4,6,8H,5,7,16H2,1-3H3,(H2,18,19,21). The number of aromatic nitrogens is 1. The Morgan fingerprint density at radius 3 is 2.86 bits per heavy atom. The molecule has 0 amide bonds. The van der Waals surface area contributed by atoms with Crippen LogP contribution in [0.25, 0.3) is 10.9 Å². The molecule has 6 heteroatoms. The lowest BCUT2D eigenvalue weighted by atomic mass is 10.0. The maximum Gasteiger partial charge on any atom is 0.170 e. The number of fused-ring (bicyclic) bond motifs is 1. The monoisotopic (exact) mass is 304 g/mol. The van der Waals surface area contributed by atoms with Crippen LogP contribution in [-0.4, -0.2) is 30.3 Å². The predicted molar refractivity (Wildman–Crippen MR) is 91.0 cm³/mol. The van der Waals surface area contributed by atoms with Crippen molar-refractivity contribution < 1.29 is 4.74 Å². The minimum Gasteiger partial charge on any atom is -0.496 e. The minimum atomic E-state index is 0.537. The number of rotatable bonds is 4. The fourth-order valence-corrected chi connectivity index (χ4v) is 2.50. The molecule has 2 rings (SSSR count). The fraction of sp³-hybridized carbons (Fsp3) is 0.333. The fourth-order valence-electron chi connectivity index (χ4n) is 2.29. The van der Waals surface area contributed by atoms with Crippen molar-refractivity contribution in [1.82, 2.24) is 10.3 Å². The van der Waals surface area contributed by atoms with Crippen molar-refractivity contribution in [2.75, 3.05) is 25.5 Å². The van der Waals surface area contributed by atoms with Gasteiger partial charge in [0, 0.05) is 30.4 Å². The molecule has 0 bridgehead atoms. The molecule has 4 N–H and O–H groups in total. The van der Waals surface area contributed by atoms with Crippen molar-refractivity contribution in [3.63, 3.8) is 0 Å². The molecule has 0 aliphatic heterocycles. The summed E-state index contributed by atoms with van der Waals surface area (Å²) >= 11 is 5.26. The van der Waals surface area contributed by atoms with Gasteiger partial charge in [0.25, 0.3) is 0 Å². The van der Waals surface area contributed by atoms with E-state index in [9.17, 15) is 0 Å². The molecule has 0 unspecified atom stereocenters. The molecule has 1 heterocycles. The summed E-state index contributed by atoms with van der Waals surface area (Å²) in [5, 5.41) is 7.83. The summed E-state index contributed by atoms with van der Waals surface area (Å²) in [6.07, 6.45) is 1.76. The number of benzene rings is 1. The van der Waals surface area contributed by atoms with Crippen LogP contribution in [0.1, 0.15) is 11.1 Å². The van der Waals surface area contributed by atoms with E-state index in [4.69, 9.17) is 22.7 Å². The molecule has 0 saturated carbocycles. The smallest absolute Gasteiger partial charge is 0.170 e. The SMILES string of the molecule is COc1ccnc2c(C)cc(NC(=S)NCCN)c(C)c12. The van der Waals surface area contributed by atoms with Gasteiger partial charge in [0.05, 0.1) is 12.6 Å². The maximum atomic E-state index is 5.46. The van der Waals surface area contributed by atoms with Gasteiger partial charge < -0.3 is 21.1 Å². The van der Waals surface area contributed by atoms with Gasteiger partial charge in [0.2, 0.25) is 0 Å². The first-order valence-electron chi connectivity index (χ1n) is 6.76. The molecule has 2 aromatic rings. The molecule has 5 nitrogen and oxygen atoms in total. The Morgan fingerprint density at radius 2 is 2.19 bits per heavy atom. The number of aryl methyl sites for hydroxylation is 2. The van der Waals surface area contributed by atoms with Crippen molar-refractivity contribution in [3.05, 3.63) is 29.5 Å². The number of nitrogens with one attached hydrogen (secondary N) is 2. The first kappa shape index (κ1) is 15.5. The van der Waals surface area contributed by atoms with Crippen LogP contribution >= 0.6 is 12.2 Å². The van der Waals surface area contributed by atoms with E-state index in [1.165, 1.54) is 0 Å². The van der Waals surface area contributed by atoms with Gasteiger partial charge in [-0.3, -0.25) is 4.98 Å². The van der Waals surface area contributed by atoms with Gasteiger partial charge in [-0.15, -0.1) is 0 Å². The molecule has 112 valence electrons. The average molecular weight is 304 g/mol. The Hall–Kier alpha value is -1.92. The second-order valence-electron chi connectivity index (χ2n) is 4.77. The number of pyridine rings is 1. The van der Waals surface area contributed by atoms with Crippen LogP contribution in [0.3, 0.4) is 0 Å². The first-order chi connectivity index (χ1) is 10.1. The van der Waals surface area contributed by atoms with Crippen molar-refractivity contribution in [3.8, 4) is 5.75 Å². The number of nitrogens with two attached hydrogens (primary N) is 1. The number of anilines is 1. The number of ether oxygens (including phenoxy) is 1. The van der Waals surface area contributed by atoms with Crippen molar-refractivity contribution >= 4 is 33.9 Å². The Labute approximate surface area is 129 Å². The van der Waals surface area contributed by atoms with Crippen LogP contribution in [0.5, 0.6) is 5.75 Å². The summed E-state index contributed by atoms with van der Waals surface area (Å²) in [4.78, 5) is 4.45. The van der Waals surface area contributed by atoms with E-state index in [0.717, 1.165) is 33.5 Å². The molecule has 21 heavy (non-hydrogen) atoms. The quantitative estimate of drug-likeness (QED) is 0.751. The lowest BCUT2D eigenvalue weighted by molar-refractivity contribution is 0.419. The highest BCUT2D eigenvalue weighted by molar-refractivity contribution is 7.80. The van der Waals surface area contributed by atoms with Gasteiger partial charge in [-0.1, -0.05) is 0 Å². The van der Waals surface area contributed by atoms with Crippen molar-refractivity contribution in [1.29, 1.82) is 0 Å². The zero-order chi connectivity index (χ0) is 15.4. The minimum absolute atomic E-state index is 0.537. The van der Waals surface area contributed by atoms with E-state index in [0.29, 0.717) is 18.2 Å². The van der Waals surface area contributed by atoms with E-state index in [-0.39, 0.29) is 0 Å². The number of thiocarbonyl (C=S) groups is 1. The largest absolute Gasteiger partial charge is 0.496 e. The topological polar surface area (TPSA) is 72.2 Å². The summed E-state index contributed by atoms with van der Waals surface area (Å²) in [6.45, 7) is 5.23. The number of methoxy groups -OCH3 is 1. The predicted octanol–water partition coefficient (Wildman–Crippen LogP) is 2.11. The third-order valence-electron chi connectivity index (χ3n) is 3.32. The van der Waals surface area contributed by atoms with Gasteiger partial charge in [0.15, 0.2) is 5.11 Å². The van der Waals surface area contributed by atoms with Crippen molar-refractivity contribution in [2.45, 2.75) is 13.8 Å². The van der Waals surface area contributed by atoms with Gasteiger partial charge in [-0.05, 0) is 49.3 Å². The Bertz CT molecular complexity index is 672. The molecule has 0 spiro atoms. The molecule has 1 aromatic carbocycles. The number of nitrogens with zero attached hydrogens (tertiary/aromatic N) is 1. The molecule has 0 atom stereocenters. The summed E-state index contributed by atoms with van der Waals surface area (Å²) in [6, 6.07) is 3.91. The van der Waals surface area contributed by atoms with Crippen LogP contribution in [0, 0.1) is 13.8 Å². The first-order valence-corrected chi connectivity index (χ1v) is 7.17. The molecular formula is C15H20N4OS. The molecule has 0 aliphatic carbocycles. The van der Waals surface area contributed by atoms with Gasteiger partial charge >= 0.3 is 0 Å². The van der Waals surface area contributed by atoms with Crippen LogP contribution in [-0.2, 0) is 0 Å². The average Bonchev–Trinajstić information content (AvgIpc) is 2.49. The highest BCUT2D eigenvalue weighted by Gasteiger charge is 2.12. The second kappa shape index (κ2) is 6.69. The van der Waals surface area contributed by atoms with Crippen LogP contribution in [0.2, 0.25) is 0 Å². The van der Waals surface area contributed by atoms with Crippen LogP contribution in [0.4, 0.5) is 5.69 Å². The zero-order valence-electron chi connectivity index (χ0n) is 12.5. The molecular weight excluding hydrogens is 284 g/mol. The highest BCUT2D eigenvalue weighted by Crippen LogP contribution is 2.33.